The molecular weight excluding hydrogens is 743 g/mol. The van der Waals surface area contributed by atoms with Gasteiger partial charge in [-0.25, -0.2) is 0 Å². The van der Waals surface area contributed by atoms with E-state index in [2.05, 4.69) is 194 Å². The maximum absolute atomic E-state index is 6.40. The first-order valence-corrected chi connectivity index (χ1v) is 20.9. The van der Waals surface area contributed by atoms with Gasteiger partial charge in [0.25, 0.3) is 0 Å². The average Bonchev–Trinajstić information content (AvgIpc) is 3.87. The predicted octanol–water partition coefficient (Wildman–Crippen LogP) is 16.5. The zero-order valence-electron chi connectivity index (χ0n) is 33.6. The molecule has 0 fully saturated rings. The molecule has 288 valence electrons. The Kier molecular flexibility index (Phi) is 8.14. The Morgan fingerprint density at radius 1 is 0.393 bits per heavy atom. The highest BCUT2D eigenvalue weighted by molar-refractivity contribution is 6.08. The predicted molar refractivity (Wildman–Crippen MR) is 256 cm³/mol. The fraction of sp³-hybridized carbons (Fsp3) is 0.0345. The normalized spacial score (nSPS) is 11.8. The Morgan fingerprint density at radius 3 is 1.72 bits per heavy atom. The van der Waals surface area contributed by atoms with Gasteiger partial charge in [0.15, 0.2) is 0 Å². The van der Waals surface area contributed by atoms with Crippen molar-refractivity contribution in [2.24, 2.45) is 0 Å². The SMILES string of the molecule is Cc1ccc(-c2ccc(N(c3ccc4c(c3)oc3ccccc34)c3cccc4ccccc34)cc2)cc1-c1c(Cc2ccc3c(c2)oc2ccccc23)ccc2ccccc12. The van der Waals surface area contributed by atoms with Crippen molar-refractivity contribution in [3.05, 3.63) is 223 Å². The molecule has 0 aliphatic heterocycles. The van der Waals surface area contributed by atoms with Gasteiger partial charge in [0.05, 0.1) is 5.69 Å². The number of fused-ring (bicyclic) bond motifs is 8. The first-order valence-electron chi connectivity index (χ1n) is 20.9. The fourth-order valence-corrected chi connectivity index (χ4v) is 9.44. The fourth-order valence-electron chi connectivity index (χ4n) is 9.44. The summed E-state index contributed by atoms with van der Waals surface area (Å²) >= 11 is 0. The van der Waals surface area contributed by atoms with E-state index in [9.17, 15) is 0 Å². The molecule has 3 nitrogen and oxygen atoms in total. The largest absolute Gasteiger partial charge is 0.456 e. The molecule has 12 aromatic rings. The van der Waals surface area contributed by atoms with Gasteiger partial charge in [-0.3, -0.25) is 0 Å². The summed E-state index contributed by atoms with van der Waals surface area (Å²) in [5.74, 6) is 0. The summed E-state index contributed by atoms with van der Waals surface area (Å²) in [4.78, 5) is 2.35. The Morgan fingerprint density at radius 2 is 0.967 bits per heavy atom. The van der Waals surface area contributed by atoms with E-state index >= 15 is 0 Å². The van der Waals surface area contributed by atoms with Crippen molar-refractivity contribution in [1.29, 1.82) is 0 Å². The number of aryl methyl sites for hydroxylation is 1. The zero-order valence-corrected chi connectivity index (χ0v) is 33.6. The molecule has 2 heterocycles. The van der Waals surface area contributed by atoms with Gasteiger partial charge in [-0.15, -0.1) is 0 Å². The minimum absolute atomic E-state index is 0.787. The van der Waals surface area contributed by atoms with Gasteiger partial charge in [-0.2, -0.15) is 0 Å². The minimum Gasteiger partial charge on any atom is -0.456 e. The van der Waals surface area contributed by atoms with Crippen LogP contribution in [0, 0.1) is 6.92 Å². The maximum atomic E-state index is 6.40. The van der Waals surface area contributed by atoms with Crippen LogP contribution >= 0.6 is 0 Å². The second-order valence-corrected chi connectivity index (χ2v) is 16.1. The van der Waals surface area contributed by atoms with E-state index < -0.39 is 0 Å². The third-order valence-corrected chi connectivity index (χ3v) is 12.4. The summed E-state index contributed by atoms with van der Waals surface area (Å²) < 4.78 is 12.7. The molecule has 0 amide bonds. The second kappa shape index (κ2) is 14.1. The lowest BCUT2D eigenvalue weighted by Gasteiger charge is -2.27. The number of hydrogen-bond acceptors (Lipinski definition) is 3. The molecule has 10 aromatic carbocycles. The van der Waals surface area contributed by atoms with Gasteiger partial charge in [0.2, 0.25) is 0 Å². The third-order valence-electron chi connectivity index (χ3n) is 12.4. The van der Waals surface area contributed by atoms with Crippen LogP contribution in [0.3, 0.4) is 0 Å². The number of rotatable bonds is 7. The number of nitrogens with zero attached hydrogens (tertiary/aromatic N) is 1. The van der Waals surface area contributed by atoms with Crippen molar-refractivity contribution in [3.63, 3.8) is 0 Å². The van der Waals surface area contributed by atoms with Gasteiger partial charge < -0.3 is 13.7 Å². The molecule has 2 aromatic heterocycles. The number of para-hydroxylation sites is 2. The minimum atomic E-state index is 0.787. The van der Waals surface area contributed by atoms with E-state index in [0.29, 0.717) is 0 Å². The van der Waals surface area contributed by atoms with E-state index in [1.807, 2.05) is 24.3 Å². The lowest BCUT2D eigenvalue weighted by molar-refractivity contribution is 0.668. The van der Waals surface area contributed by atoms with Gasteiger partial charge in [0.1, 0.15) is 22.3 Å². The van der Waals surface area contributed by atoms with Gasteiger partial charge in [-0.1, -0.05) is 146 Å². The molecule has 0 spiro atoms. The summed E-state index contributed by atoms with van der Waals surface area (Å²) in [6.45, 7) is 2.23. The summed E-state index contributed by atoms with van der Waals surface area (Å²) in [7, 11) is 0. The Labute approximate surface area is 353 Å². The molecule has 0 unspecified atom stereocenters. The lowest BCUT2D eigenvalue weighted by atomic mass is 9.87. The molecule has 3 heteroatoms. The van der Waals surface area contributed by atoms with Gasteiger partial charge in [-0.05, 0) is 123 Å². The van der Waals surface area contributed by atoms with Crippen molar-refractivity contribution in [3.8, 4) is 22.3 Å². The van der Waals surface area contributed by atoms with Crippen LogP contribution in [0.2, 0.25) is 0 Å². The number of hydrogen-bond donors (Lipinski definition) is 0. The molecule has 0 atom stereocenters. The van der Waals surface area contributed by atoms with Crippen LogP contribution < -0.4 is 4.90 Å². The van der Waals surface area contributed by atoms with Crippen LogP contribution in [0.25, 0.3) is 87.7 Å². The van der Waals surface area contributed by atoms with Crippen LogP contribution in [-0.2, 0) is 6.42 Å². The van der Waals surface area contributed by atoms with Crippen molar-refractivity contribution in [2.45, 2.75) is 13.3 Å². The highest BCUT2D eigenvalue weighted by Crippen LogP contribution is 2.43. The summed E-state index contributed by atoms with van der Waals surface area (Å²) in [5, 5.41) is 9.42. The van der Waals surface area contributed by atoms with E-state index in [4.69, 9.17) is 8.83 Å². The topological polar surface area (TPSA) is 29.5 Å². The highest BCUT2D eigenvalue weighted by atomic mass is 16.3. The van der Waals surface area contributed by atoms with Crippen molar-refractivity contribution in [2.75, 3.05) is 4.90 Å². The molecule has 0 radical (unpaired) electrons. The van der Waals surface area contributed by atoms with Crippen molar-refractivity contribution >= 4 is 82.5 Å². The average molecular weight is 782 g/mol. The van der Waals surface area contributed by atoms with Crippen LogP contribution in [0.4, 0.5) is 17.1 Å². The first kappa shape index (κ1) is 35.1. The summed E-state index contributed by atoms with van der Waals surface area (Å²) in [5.41, 5.74) is 15.5. The molecule has 0 aliphatic rings. The number of benzene rings is 10. The van der Waals surface area contributed by atoms with E-state index in [0.717, 1.165) is 72.9 Å². The van der Waals surface area contributed by atoms with Crippen LogP contribution in [0.15, 0.2) is 215 Å². The zero-order chi connectivity index (χ0) is 40.4. The Hall–Kier alpha value is -7.88. The van der Waals surface area contributed by atoms with E-state index in [1.165, 1.54) is 54.9 Å². The lowest BCUT2D eigenvalue weighted by Crippen LogP contribution is -2.10. The first-order chi connectivity index (χ1) is 30.1. The smallest absolute Gasteiger partial charge is 0.137 e. The standard InChI is InChI=1S/C58H39NO2/c1-37-21-23-42(35-52(37)58-43(25-24-41-12-3-5-15-47(41)58)33-38-22-31-50-48-16-6-8-19-54(48)60-56(50)34-38)39-26-28-44(29-27-39)59(53-18-10-13-40-11-2-4-14-46(40)53)45-30-32-51-49-17-7-9-20-55(49)61-57(51)36-45/h2-32,34-36H,33H2,1H3. The monoisotopic (exact) mass is 781 g/mol. The Bertz CT molecular complexity index is 3640. The third kappa shape index (κ3) is 5.97. The molecule has 0 saturated carbocycles. The van der Waals surface area contributed by atoms with E-state index in [1.54, 1.807) is 0 Å². The van der Waals surface area contributed by atoms with Crippen LogP contribution in [0.5, 0.6) is 0 Å². The maximum Gasteiger partial charge on any atom is 0.137 e. The number of anilines is 3. The molecule has 0 N–H and O–H groups in total. The second-order valence-electron chi connectivity index (χ2n) is 16.1. The molecular formula is C58H39NO2. The summed E-state index contributed by atoms with van der Waals surface area (Å²) in [6.07, 6.45) is 0.787. The van der Waals surface area contributed by atoms with Crippen molar-refractivity contribution in [1.82, 2.24) is 0 Å². The Balaban J connectivity index is 0.952. The molecule has 0 aliphatic carbocycles. The molecule has 12 rings (SSSR count). The number of furan rings is 2. The molecule has 0 saturated heterocycles. The van der Waals surface area contributed by atoms with Gasteiger partial charge >= 0.3 is 0 Å². The van der Waals surface area contributed by atoms with Gasteiger partial charge in [0, 0.05) is 44.4 Å². The molecule has 61 heavy (non-hydrogen) atoms. The summed E-state index contributed by atoms with van der Waals surface area (Å²) in [6, 6.07) is 74.2. The van der Waals surface area contributed by atoms with Crippen LogP contribution in [-0.4, -0.2) is 0 Å². The van der Waals surface area contributed by atoms with E-state index in [-0.39, 0.29) is 0 Å². The highest BCUT2D eigenvalue weighted by Gasteiger charge is 2.19. The van der Waals surface area contributed by atoms with Crippen LogP contribution in [0.1, 0.15) is 16.7 Å². The van der Waals surface area contributed by atoms with Crippen molar-refractivity contribution < 1.29 is 8.83 Å². The molecule has 0 bridgehead atoms. The quantitative estimate of drug-likeness (QED) is 0.161.